The Labute approximate surface area is 89.2 Å². The van der Waals surface area contributed by atoms with Gasteiger partial charge < -0.3 is 0 Å². The van der Waals surface area contributed by atoms with Gasteiger partial charge in [-0.2, -0.15) is 5.26 Å². The van der Waals surface area contributed by atoms with Crippen LogP contribution in [0.3, 0.4) is 0 Å². The molecule has 0 aliphatic heterocycles. The van der Waals surface area contributed by atoms with Crippen molar-refractivity contribution in [1.82, 2.24) is 4.98 Å². The van der Waals surface area contributed by atoms with Gasteiger partial charge in [0, 0.05) is 11.0 Å². The molecule has 2 rings (SSSR count). The molecule has 1 aromatic carbocycles. The zero-order valence-corrected chi connectivity index (χ0v) is 8.45. The van der Waals surface area contributed by atoms with Crippen LogP contribution < -0.4 is 4.91 Å². The maximum absolute atomic E-state index is 13.3. The summed E-state index contributed by atoms with van der Waals surface area (Å²) in [5.41, 5.74) is 0.535. The summed E-state index contributed by atoms with van der Waals surface area (Å²) in [5, 5.41) is 10.3. The largest absolute Gasteiger partial charge is 0.253 e. The Bertz CT molecular complexity index is 532. The number of thioether (sulfide) groups is 1. The van der Waals surface area contributed by atoms with Gasteiger partial charge in [0.15, 0.2) is 7.85 Å². The van der Waals surface area contributed by atoms with Crippen LogP contribution in [-0.2, 0) is 0 Å². The lowest BCUT2D eigenvalue weighted by Gasteiger charge is -1.95. The molecule has 0 atom stereocenters. The van der Waals surface area contributed by atoms with Crippen molar-refractivity contribution >= 4 is 46.1 Å². The minimum atomic E-state index is -0.436. The molecule has 0 bridgehead atoms. The van der Waals surface area contributed by atoms with Crippen molar-refractivity contribution in [1.29, 1.82) is 5.26 Å². The number of benzene rings is 1. The second-order valence-corrected chi connectivity index (χ2v) is 4.38. The smallest absolute Gasteiger partial charge is 0.157 e. The first-order valence-corrected chi connectivity index (χ1v) is 5.25. The quantitative estimate of drug-likeness (QED) is 0.417. The Morgan fingerprint density at radius 3 is 3.07 bits per heavy atom. The van der Waals surface area contributed by atoms with E-state index in [-0.39, 0.29) is 0 Å². The van der Waals surface area contributed by atoms with E-state index in [1.54, 1.807) is 6.07 Å². The molecule has 66 valence electrons. The van der Waals surface area contributed by atoms with Crippen molar-refractivity contribution in [2.45, 2.75) is 4.90 Å². The average molecular weight is 220 g/mol. The van der Waals surface area contributed by atoms with Gasteiger partial charge in [-0.1, -0.05) is 0 Å². The van der Waals surface area contributed by atoms with Gasteiger partial charge in [0.25, 0.3) is 0 Å². The number of aromatic nitrogens is 1. The summed E-state index contributed by atoms with van der Waals surface area (Å²) in [7, 11) is 5.48. The molecule has 0 saturated carbocycles. The maximum Gasteiger partial charge on any atom is 0.157 e. The lowest BCUT2D eigenvalue weighted by Crippen LogP contribution is -1.96. The van der Waals surface area contributed by atoms with Crippen LogP contribution in [0.1, 0.15) is 0 Å². The second kappa shape index (κ2) is 3.60. The third-order valence-electron chi connectivity index (χ3n) is 1.61. The molecule has 0 saturated heterocycles. The number of thiocyanates is 1. The van der Waals surface area contributed by atoms with Crippen LogP contribution in [0.2, 0.25) is 0 Å². The van der Waals surface area contributed by atoms with Gasteiger partial charge in [-0.05, 0) is 17.8 Å². The summed E-state index contributed by atoms with van der Waals surface area (Å²) < 4.78 is 14.1. The molecule has 2 nitrogen and oxygen atoms in total. The molecule has 0 fully saturated rings. The fourth-order valence-electron chi connectivity index (χ4n) is 1.07. The molecule has 2 radical (unpaired) electrons. The SMILES string of the molecule is [B]c1nc2cc(F)c(SC#N)cc2s1. The standard InChI is InChI=1S/C8H2BFN2S2/c9-8-12-5-1-4(10)6(13-3-11)2-7(5)14-8/h1-2H. The van der Waals surface area contributed by atoms with Crippen LogP contribution in [0.4, 0.5) is 4.39 Å². The zero-order valence-electron chi connectivity index (χ0n) is 6.82. The van der Waals surface area contributed by atoms with Crippen molar-refractivity contribution in [3.63, 3.8) is 0 Å². The van der Waals surface area contributed by atoms with Gasteiger partial charge in [0.1, 0.15) is 11.2 Å². The Morgan fingerprint density at radius 2 is 2.36 bits per heavy atom. The number of hydrogen-bond donors (Lipinski definition) is 0. The molecule has 0 amide bonds. The van der Waals surface area contributed by atoms with E-state index < -0.39 is 5.82 Å². The fourth-order valence-corrected chi connectivity index (χ4v) is 2.34. The van der Waals surface area contributed by atoms with Crippen molar-refractivity contribution in [2.75, 3.05) is 0 Å². The molecule has 0 spiro atoms. The Kier molecular flexibility index (Phi) is 2.44. The van der Waals surface area contributed by atoms with E-state index in [1.807, 2.05) is 5.40 Å². The molecule has 14 heavy (non-hydrogen) atoms. The van der Waals surface area contributed by atoms with Crippen LogP contribution in [0, 0.1) is 16.5 Å². The maximum atomic E-state index is 13.3. The fraction of sp³-hybridized carbons (Fsp3) is 0. The summed E-state index contributed by atoms with van der Waals surface area (Å²) in [4.78, 5) is 4.65. The van der Waals surface area contributed by atoms with Gasteiger partial charge in [-0.25, -0.2) is 4.39 Å². The van der Waals surface area contributed by atoms with Gasteiger partial charge in [0.2, 0.25) is 0 Å². The van der Waals surface area contributed by atoms with Gasteiger partial charge >= 0.3 is 0 Å². The molecule has 2 aromatic rings. The van der Waals surface area contributed by atoms with E-state index in [0.717, 1.165) is 16.5 Å². The predicted octanol–water partition coefficient (Wildman–Crippen LogP) is 1.80. The number of nitrogens with zero attached hydrogens (tertiary/aromatic N) is 2. The summed E-state index contributed by atoms with van der Waals surface area (Å²) >= 11 is 2.07. The van der Waals surface area contributed by atoms with Gasteiger partial charge in [-0.15, -0.1) is 11.3 Å². The topological polar surface area (TPSA) is 36.7 Å². The summed E-state index contributed by atoms with van der Waals surface area (Å²) in [6.07, 6.45) is 0. The van der Waals surface area contributed by atoms with Crippen LogP contribution >= 0.6 is 23.1 Å². The third kappa shape index (κ3) is 1.61. The molecule has 1 aromatic heterocycles. The van der Waals surface area contributed by atoms with Crippen LogP contribution in [0.25, 0.3) is 10.2 Å². The lowest BCUT2D eigenvalue weighted by molar-refractivity contribution is 0.604. The number of thiazole rings is 1. The Hall–Kier alpha value is -1.06. The minimum Gasteiger partial charge on any atom is -0.253 e. The van der Waals surface area contributed by atoms with Gasteiger partial charge in [-0.3, -0.25) is 4.98 Å². The highest BCUT2D eigenvalue weighted by atomic mass is 32.2. The van der Waals surface area contributed by atoms with Crippen LogP contribution in [0.15, 0.2) is 17.0 Å². The van der Waals surface area contributed by atoms with Crippen molar-refractivity contribution in [3.8, 4) is 5.40 Å². The Morgan fingerprint density at radius 1 is 1.57 bits per heavy atom. The highest BCUT2D eigenvalue weighted by Crippen LogP contribution is 2.27. The molecule has 6 heteroatoms. The highest BCUT2D eigenvalue weighted by molar-refractivity contribution is 8.03. The van der Waals surface area contributed by atoms with Gasteiger partial charge in [0.05, 0.1) is 15.1 Å². The molecule has 0 unspecified atom stereocenters. The van der Waals surface area contributed by atoms with Crippen LogP contribution in [0.5, 0.6) is 0 Å². The van der Waals surface area contributed by atoms with E-state index in [1.165, 1.54) is 17.4 Å². The summed E-state index contributed by atoms with van der Waals surface area (Å²) in [5.74, 6) is -0.436. The Balaban J connectivity index is 2.65. The molecular weight excluding hydrogens is 218 g/mol. The normalized spacial score (nSPS) is 10.3. The number of nitriles is 1. The second-order valence-electron chi connectivity index (χ2n) is 2.50. The van der Waals surface area contributed by atoms with E-state index >= 15 is 0 Å². The molecule has 0 aliphatic rings. The lowest BCUT2D eigenvalue weighted by atomic mass is 10.2. The monoisotopic (exact) mass is 220 g/mol. The molecule has 0 N–H and O–H groups in total. The first kappa shape index (κ1) is 9.50. The highest BCUT2D eigenvalue weighted by Gasteiger charge is 2.07. The third-order valence-corrected chi connectivity index (χ3v) is 3.09. The van der Waals surface area contributed by atoms with Crippen molar-refractivity contribution in [2.24, 2.45) is 0 Å². The van der Waals surface area contributed by atoms with E-state index in [2.05, 4.69) is 4.98 Å². The molecule has 1 heterocycles. The van der Waals surface area contributed by atoms with E-state index in [0.29, 0.717) is 15.3 Å². The summed E-state index contributed by atoms with van der Waals surface area (Å²) in [6, 6.07) is 2.88. The first-order chi connectivity index (χ1) is 6.70. The van der Waals surface area contributed by atoms with Crippen LogP contribution in [-0.4, -0.2) is 12.8 Å². The number of hydrogen-bond acceptors (Lipinski definition) is 4. The minimum absolute atomic E-state index is 0.309. The molecular formula is C8H2BFN2S2. The van der Waals surface area contributed by atoms with Crippen molar-refractivity contribution in [3.05, 3.63) is 17.9 Å². The van der Waals surface area contributed by atoms with E-state index in [9.17, 15) is 4.39 Å². The number of halogens is 1. The molecule has 0 aliphatic carbocycles. The predicted molar refractivity (Wildman–Crippen MR) is 56.4 cm³/mol. The zero-order chi connectivity index (χ0) is 10.1. The number of fused-ring (bicyclic) bond motifs is 1. The summed E-state index contributed by atoms with van der Waals surface area (Å²) in [6.45, 7) is 0. The van der Waals surface area contributed by atoms with Crippen molar-refractivity contribution < 1.29 is 4.39 Å². The number of rotatable bonds is 1. The first-order valence-electron chi connectivity index (χ1n) is 3.62. The van der Waals surface area contributed by atoms with E-state index in [4.69, 9.17) is 13.1 Å². The average Bonchev–Trinajstić information content (AvgIpc) is 2.45.